The van der Waals surface area contributed by atoms with Gasteiger partial charge in [0.25, 0.3) is 0 Å². The first-order valence-electron chi connectivity index (χ1n) is 5.45. The van der Waals surface area contributed by atoms with Gasteiger partial charge in [-0.2, -0.15) is 0 Å². The maximum Gasteiger partial charge on any atom is 0.194 e. The van der Waals surface area contributed by atoms with Crippen molar-refractivity contribution in [1.29, 1.82) is 0 Å². The summed E-state index contributed by atoms with van der Waals surface area (Å²) in [5.41, 5.74) is -0.808. The highest BCUT2D eigenvalue weighted by molar-refractivity contribution is 6.02. The SMILES string of the molecule is C/C=C/[C@@H](C)[C@@](C)(O)C(=O)c1ccccc1. The third-order valence-electron chi connectivity index (χ3n) is 2.86. The number of aliphatic hydroxyl groups is 1. The molecule has 0 bridgehead atoms. The van der Waals surface area contributed by atoms with Crippen molar-refractivity contribution in [1.82, 2.24) is 0 Å². The molecule has 86 valence electrons. The Morgan fingerprint density at radius 3 is 2.44 bits per heavy atom. The lowest BCUT2D eigenvalue weighted by Gasteiger charge is -2.26. The second kappa shape index (κ2) is 5.08. The first kappa shape index (κ1) is 12.7. The highest BCUT2D eigenvalue weighted by Gasteiger charge is 2.35. The van der Waals surface area contributed by atoms with Crippen LogP contribution in [0.5, 0.6) is 0 Å². The molecule has 1 N–H and O–H groups in total. The fourth-order valence-corrected chi connectivity index (χ4v) is 1.56. The van der Waals surface area contributed by atoms with E-state index in [2.05, 4.69) is 0 Å². The van der Waals surface area contributed by atoms with Crippen LogP contribution < -0.4 is 0 Å². The van der Waals surface area contributed by atoms with Crippen LogP contribution in [0.2, 0.25) is 0 Å². The fourth-order valence-electron chi connectivity index (χ4n) is 1.56. The maximum atomic E-state index is 12.1. The first-order chi connectivity index (χ1) is 7.50. The number of carbonyl (C=O) groups is 1. The molecule has 0 saturated carbocycles. The molecule has 16 heavy (non-hydrogen) atoms. The lowest BCUT2D eigenvalue weighted by molar-refractivity contribution is 0.0236. The van der Waals surface area contributed by atoms with Gasteiger partial charge in [-0.1, -0.05) is 49.4 Å². The van der Waals surface area contributed by atoms with E-state index in [-0.39, 0.29) is 11.7 Å². The molecule has 2 heteroatoms. The molecule has 1 rings (SSSR count). The van der Waals surface area contributed by atoms with Crippen molar-refractivity contribution < 1.29 is 9.90 Å². The Bertz CT molecular complexity index is 377. The topological polar surface area (TPSA) is 37.3 Å². The molecule has 2 atom stereocenters. The molecule has 1 aromatic carbocycles. The zero-order valence-electron chi connectivity index (χ0n) is 9.97. The van der Waals surface area contributed by atoms with Crippen LogP contribution >= 0.6 is 0 Å². The van der Waals surface area contributed by atoms with E-state index in [1.165, 1.54) is 0 Å². The monoisotopic (exact) mass is 218 g/mol. The van der Waals surface area contributed by atoms with Gasteiger partial charge in [-0.25, -0.2) is 0 Å². The van der Waals surface area contributed by atoms with Crippen LogP contribution in [0.3, 0.4) is 0 Å². The van der Waals surface area contributed by atoms with Gasteiger partial charge in [-0.3, -0.25) is 4.79 Å². The van der Waals surface area contributed by atoms with Gasteiger partial charge in [-0.05, 0) is 13.8 Å². The van der Waals surface area contributed by atoms with Crippen LogP contribution in [0.4, 0.5) is 0 Å². The first-order valence-corrected chi connectivity index (χ1v) is 5.45. The standard InChI is InChI=1S/C14H18O2/c1-4-8-11(2)14(3,16)13(15)12-9-6-5-7-10-12/h4-11,16H,1-3H3/b8-4+/t11-,14-/m1/s1. The second-order valence-corrected chi connectivity index (χ2v) is 4.16. The van der Waals surface area contributed by atoms with Crippen LogP contribution in [-0.4, -0.2) is 16.5 Å². The number of rotatable bonds is 4. The molecule has 0 radical (unpaired) electrons. The van der Waals surface area contributed by atoms with Crippen molar-refractivity contribution in [2.24, 2.45) is 5.92 Å². The Labute approximate surface area is 96.6 Å². The van der Waals surface area contributed by atoms with Gasteiger partial charge >= 0.3 is 0 Å². The molecule has 0 unspecified atom stereocenters. The molecular formula is C14H18O2. The Balaban J connectivity index is 2.97. The lowest BCUT2D eigenvalue weighted by atomic mass is 9.83. The van der Waals surface area contributed by atoms with Crippen LogP contribution in [0.25, 0.3) is 0 Å². The molecule has 1 aromatic rings. The predicted molar refractivity (Wildman–Crippen MR) is 65.4 cm³/mol. The van der Waals surface area contributed by atoms with E-state index >= 15 is 0 Å². The zero-order valence-corrected chi connectivity index (χ0v) is 9.97. The summed E-state index contributed by atoms with van der Waals surface area (Å²) in [5, 5.41) is 10.2. The molecule has 0 spiro atoms. The van der Waals surface area contributed by atoms with Gasteiger partial charge in [0.2, 0.25) is 0 Å². The number of carbonyl (C=O) groups excluding carboxylic acids is 1. The quantitative estimate of drug-likeness (QED) is 0.623. The lowest BCUT2D eigenvalue weighted by Crippen LogP contribution is -2.41. The van der Waals surface area contributed by atoms with E-state index in [0.29, 0.717) is 5.56 Å². The summed E-state index contributed by atoms with van der Waals surface area (Å²) >= 11 is 0. The second-order valence-electron chi connectivity index (χ2n) is 4.16. The molecule has 0 aliphatic carbocycles. The van der Waals surface area contributed by atoms with E-state index in [9.17, 15) is 9.90 Å². The number of hydrogen-bond donors (Lipinski definition) is 1. The van der Waals surface area contributed by atoms with Crippen molar-refractivity contribution in [2.45, 2.75) is 26.4 Å². The minimum absolute atomic E-state index is 0.204. The molecular weight excluding hydrogens is 200 g/mol. The van der Waals surface area contributed by atoms with E-state index < -0.39 is 5.60 Å². The summed E-state index contributed by atoms with van der Waals surface area (Å²) in [4.78, 5) is 12.1. The summed E-state index contributed by atoms with van der Waals surface area (Å²) < 4.78 is 0. The van der Waals surface area contributed by atoms with E-state index in [4.69, 9.17) is 0 Å². The zero-order chi connectivity index (χ0) is 12.2. The highest BCUT2D eigenvalue weighted by Crippen LogP contribution is 2.23. The van der Waals surface area contributed by atoms with Crippen molar-refractivity contribution in [3.63, 3.8) is 0 Å². The summed E-state index contributed by atoms with van der Waals surface area (Å²) in [7, 11) is 0. The molecule has 0 saturated heterocycles. The largest absolute Gasteiger partial charge is 0.381 e. The maximum absolute atomic E-state index is 12.1. The van der Waals surface area contributed by atoms with Gasteiger partial charge in [0.05, 0.1) is 0 Å². The van der Waals surface area contributed by atoms with Crippen LogP contribution in [-0.2, 0) is 0 Å². The van der Waals surface area contributed by atoms with Gasteiger partial charge in [-0.15, -0.1) is 0 Å². The van der Waals surface area contributed by atoms with Crippen LogP contribution in [0, 0.1) is 5.92 Å². The molecule has 0 aliphatic heterocycles. The average Bonchev–Trinajstić information content (AvgIpc) is 2.29. The summed E-state index contributed by atoms with van der Waals surface area (Å²) in [6.45, 7) is 5.27. The minimum Gasteiger partial charge on any atom is -0.381 e. The molecule has 0 heterocycles. The smallest absolute Gasteiger partial charge is 0.194 e. The van der Waals surface area contributed by atoms with Crippen molar-refractivity contribution in [3.05, 3.63) is 48.0 Å². The molecule has 0 fully saturated rings. The Morgan fingerprint density at radius 2 is 1.94 bits per heavy atom. The van der Waals surface area contributed by atoms with E-state index in [0.717, 1.165) is 0 Å². The van der Waals surface area contributed by atoms with E-state index in [1.54, 1.807) is 31.2 Å². The average molecular weight is 218 g/mol. The number of Topliss-reactive ketones (excluding diaryl/α,β-unsaturated/α-hetero) is 1. The highest BCUT2D eigenvalue weighted by atomic mass is 16.3. The van der Waals surface area contributed by atoms with Crippen molar-refractivity contribution in [3.8, 4) is 0 Å². The van der Waals surface area contributed by atoms with Crippen molar-refractivity contribution in [2.75, 3.05) is 0 Å². The number of ketones is 1. The summed E-state index contributed by atoms with van der Waals surface area (Å²) in [5.74, 6) is -0.441. The molecule has 0 aromatic heterocycles. The molecule has 0 amide bonds. The molecule has 2 nitrogen and oxygen atoms in total. The van der Waals surface area contributed by atoms with Crippen LogP contribution in [0.15, 0.2) is 42.5 Å². The Morgan fingerprint density at radius 1 is 1.38 bits per heavy atom. The van der Waals surface area contributed by atoms with Gasteiger partial charge in [0, 0.05) is 11.5 Å². The minimum atomic E-state index is -1.35. The third-order valence-corrected chi connectivity index (χ3v) is 2.86. The van der Waals surface area contributed by atoms with Gasteiger partial charge in [0.15, 0.2) is 5.78 Å². The van der Waals surface area contributed by atoms with Crippen LogP contribution in [0.1, 0.15) is 31.1 Å². The normalized spacial score (nSPS) is 17.0. The van der Waals surface area contributed by atoms with E-state index in [1.807, 2.05) is 32.1 Å². The Kier molecular flexibility index (Phi) is 4.02. The Hall–Kier alpha value is -1.41. The number of hydrogen-bond acceptors (Lipinski definition) is 2. The summed E-state index contributed by atoms with van der Waals surface area (Å²) in [6.07, 6.45) is 3.68. The van der Waals surface area contributed by atoms with Crippen molar-refractivity contribution >= 4 is 5.78 Å². The van der Waals surface area contributed by atoms with Gasteiger partial charge < -0.3 is 5.11 Å². The fraction of sp³-hybridized carbons (Fsp3) is 0.357. The number of benzene rings is 1. The number of allylic oxidation sites excluding steroid dienone is 1. The van der Waals surface area contributed by atoms with Gasteiger partial charge in [0.1, 0.15) is 5.60 Å². The molecule has 0 aliphatic rings. The summed E-state index contributed by atoms with van der Waals surface area (Å²) in [6, 6.07) is 8.88. The predicted octanol–water partition coefficient (Wildman–Crippen LogP) is 2.83. The third kappa shape index (κ3) is 2.58.